The second kappa shape index (κ2) is 6.37. The smallest absolute Gasteiger partial charge is 0.243 e. The Kier molecular flexibility index (Phi) is 4.80. The van der Waals surface area contributed by atoms with Gasteiger partial charge in [0.05, 0.1) is 6.04 Å². The summed E-state index contributed by atoms with van der Waals surface area (Å²) in [7, 11) is 0. The largest absolute Gasteiger partial charge is 0.338 e. The molecule has 0 saturated heterocycles. The monoisotopic (exact) mass is 299 g/mol. The number of rotatable bonds is 5. The van der Waals surface area contributed by atoms with E-state index < -0.39 is 0 Å². The Labute approximate surface area is 121 Å². The fourth-order valence-corrected chi connectivity index (χ4v) is 2.31. The first kappa shape index (κ1) is 14.3. The lowest BCUT2D eigenvalue weighted by atomic mass is 10.1. The van der Waals surface area contributed by atoms with Gasteiger partial charge in [-0.15, -0.1) is 0 Å². The highest BCUT2D eigenvalue weighted by Gasteiger charge is 2.15. The van der Waals surface area contributed by atoms with E-state index in [9.17, 15) is 0 Å². The highest BCUT2D eigenvalue weighted by molar-refractivity contribution is 6.36. The normalized spacial score (nSPS) is 12.6. The van der Waals surface area contributed by atoms with Gasteiger partial charge in [0.1, 0.15) is 0 Å². The quantitative estimate of drug-likeness (QED) is 0.913. The molecular formula is C13H15Cl2N3O. The van der Waals surface area contributed by atoms with Crippen LogP contribution < -0.4 is 5.73 Å². The summed E-state index contributed by atoms with van der Waals surface area (Å²) in [6.45, 7) is 2.06. The van der Waals surface area contributed by atoms with Gasteiger partial charge in [-0.25, -0.2) is 0 Å². The van der Waals surface area contributed by atoms with E-state index in [0.717, 1.165) is 18.4 Å². The van der Waals surface area contributed by atoms with Crippen LogP contribution in [-0.2, 0) is 6.42 Å². The van der Waals surface area contributed by atoms with E-state index in [1.54, 1.807) is 18.2 Å². The fraction of sp³-hybridized carbons (Fsp3) is 0.385. The average molecular weight is 300 g/mol. The van der Waals surface area contributed by atoms with Crippen molar-refractivity contribution in [2.24, 2.45) is 5.73 Å². The third-order valence-electron chi connectivity index (χ3n) is 2.80. The van der Waals surface area contributed by atoms with E-state index in [1.165, 1.54) is 0 Å². The maximum Gasteiger partial charge on any atom is 0.243 e. The van der Waals surface area contributed by atoms with Crippen LogP contribution in [0, 0.1) is 0 Å². The van der Waals surface area contributed by atoms with Crippen molar-refractivity contribution in [1.29, 1.82) is 0 Å². The lowest BCUT2D eigenvalue weighted by molar-refractivity contribution is 0.345. The first-order valence-electron chi connectivity index (χ1n) is 6.12. The van der Waals surface area contributed by atoms with E-state index >= 15 is 0 Å². The van der Waals surface area contributed by atoms with Crippen molar-refractivity contribution in [3.63, 3.8) is 0 Å². The molecule has 1 aromatic carbocycles. The average Bonchev–Trinajstić information content (AvgIpc) is 2.83. The molecule has 0 aliphatic heterocycles. The fourth-order valence-electron chi connectivity index (χ4n) is 1.78. The minimum Gasteiger partial charge on any atom is -0.338 e. The predicted octanol–water partition coefficient (Wildman–Crippen LogP) is 3.77. The Balaban J connectivity index is 2.16. The van der Waals surface area contributed by atoms with Crippen LogP contribution in [0.1, 0.15) is 43.1 Å². The van der Waals surface area contributed by atoms with E-state index in [4.69, 9.17) is 33.5 Å². The van der Waals surface area contributed by atoms with Crippen molar-refractivity contribution in [2.45, 2.75) is 32.2 Å². The van der Waals surface area contributed by atoms with Crippen LogP contribution in [0.3, 0.4) is 0 Å². The zero-order valence-electron chi connectivity index (χ0n) is 10.6. The SMILES string of the molecule is CCCC(N)c1nc(Cc2c(Cl)cccc2Cl)no1. The Morgan fingerprint density at radius 3 is 2.63 bits per heavy atom. The maximum absolute atomic E-state index is 6.10. The zero-order chi connectivity index (χ0) is 13.8. The van der Waals surface area contributed by atoms with Crippen LogP contribution >= 0.6 is 23.2 Å². The Morgan fingerprint density at radius 2 is 2.00 bits per heavy atom. The number of hydrogen-bond acceptors (Lipinski definition) is 4. The summed E-state index contributed by atoms with van der Waals surface area (Å²) >= 11 is 12.2. The standard InChI is InChI=1S/C13H15Cl2N3O/c1-2-4-11(16)13-17-12(18-19-13)7-8-9(14)5-3-6-10(8)15/h3,5-6,11H,2,4,7,16H2,1H3. The van der Waals surface area contributed by atoms with Crippen molar-refractivity contribution in [1.82, 2.24) is 10.1 Å². The van der Waals surface area contributed by atoms with Gasteiger partial charge < -0.3 is 10.3 Å². The van der Waals surface area contributed by atoms with Gasteiger partial charge in [0, 0.05) is 16.5 Å². The van der Waals surface area contributed by atoms with Crippen LogP contribution in [0.25, 0.3) is 0 Å². The number of hydrogen-bond donors (Lipinski definition) is 1. The van der Waals surface area contributed by atoms with Crippen molar-refractivity contribution in [3.8, 4) is 0 Å². The topological polar surface area (TPSA) is 64.9 Å². The molecule has 6 heteroatoms. The zero-order valence-corrected chi connectivity index (χ0v) is 12.1. The molecule has 1 atom stereocenters. The molecule has 102 valence electrons. The lowest BCUT2D eigenvalue weighted by Crippen LogP contribution is -2.10. The molecule has 1 heterocycles. The molecule has 4 nitrogen and oxygen atoms in total. The molecule has 0 radical (unpaired) electrons. The predicted molar refractivity (Wildman–Crippen MR) is 75.4 cm³/mol. The molecule has 0 saturated carbocycles. The van der Waals surface area contributed by atoms with Crippen LogP contribution in [0.4, 0.5) is 0 Å². The lowest BCUT2D eigenvalue weighted by Gasteiger charge is -2.03. The molecule has 2 rings (SSSR count). The van der Waals surface area contributed by atoms with E-state index in [0.29, 0.717) is 28.2 Å². The number of aromatic nitrogens is 2. The molecule has 2 N–H and O–H groups in total. The molecular weight excluding hydrogens is 285 g/mol. The molecule has 0 fully saturated rings. The van der Waals surface area contributed by atoms with E-state index in [2.05, 4.69) is 17.1 Å². The minimum atomic E-state index is -0.215. The molecule has 0 spiro atoms. The molecule has 1 aromatic heterocycles. The van der Waals surface area contributed by atoms with Gasteiger partial charge in [0.2, 0.25) is 5.89 Å². The van der Waals surface area contributed by atoms with Gasteiger partial charge in [0.25, 0.3) is 0 Å². The molecule has 19 heavy (non-hydrogen) atoms. The molecule has 0 aliphatic carbocycles. The molecule has 1 unspecified atom stereocenters. The second-order valence-corrected chi connectivity index (χ2v) is 5.14. The molecule has 0 bridgehead atoms. The third-order valence-corrected chi connectivity index (χ3v) is 3.51. The van der Waals surface area contributed by atoms with Crippen LogP contribution in [-0.4, -0.2) is 10.1 Å². The number of benzene rings is 1. The number of nitrogens with zero attached hydrogens (tertiary/aromatic N) is 2. The van der Waals surface area contributed by atoms with Crippen molar-refractivity contribution in [3.05, 3.63) is 45.5 Å². The van der Waals surface area contributed by atoms with Crippen LogP contribution in [0.15, 0.2) is 22.7 Å². The summed E-state index contributed by atoms with van der Waals surface area (Å²) in [4.78, 5) is 4.29. The summed E-state index contributed by atoms with van der Waals surface area (Å²) in [6.07, 6.45) is 2.21. The molecule has 0 aliphatic rings. The summed E-state index contributed by atoms with van der Waals surface area (Å²) in [6, 6.07) is 5.15. The number of nitrogens with two attached hydrogens (primary N) is 1. The first-order valence-corrected chi connectivity index (χ1v) is 6.88. The van der Waals surface area contributed by atoms with E-state index in [-0.39, 0.29) is 6.04 Å². The Morgan fingerprint density at radius 1 is 1.32 bits per heavy atom. The van der Waals surface area contributed by atoms with Gasteiger partial charge in [-0.05, 0) is 24.1 Å². The van der Waals surface area contributed by atoms with Gasteiger partial charge in [-0.3, -0.25) is 0 Å². The summed E-state index contributed by atoms with van der Waals surface area (Å²) < 4.78 is 5.16. The minimum absolute atomic E-state index is 0.215. The van der Waals surface area contributed by atoms with Crippen molar-refractivity contribution in [2.75, 3.05) is 0 Å². The van der Waals surface area contributed by atoms with Crippen molar-refractivity contribution >= 4 is 23.2 Å². The summed E-state index contributed by atoms with van der Waals surface area (Å²) in [5.74, 6) is 0.997. The van der Waals surface area contributed by atoms with E-state index in [1.807, 2.05) is 0 Å². The first-order chi connectivity index (χ1) is 9.11. The molecule has 0 amide bonds. The van der Waals surface area contributed by atoms with Gasteiger partial charge in [0.15, 0.2) is 5.82 Å². The third kappa shape index (κ3) is 3.47. The summed E-state index contributed by atoms with van der Waals surface area (Å²) in [5, 5.41) is 5.10. The Bertz CT molecular complexity index is 536. The highest BCUT2D eigenvalue weighted by atomic mass is 35.5. The van der Waals surface area contributed by atoms with Crippen molar-refractivity contribution < 1.29 is 4.52 Å². The second-order valence-electron chi connectivity index (χ2n) is 4.32. The Hall–Kier alpha value is -1.10. The van der Waals surface area contributed by atoms with Gasteiger partial charge in [-0.1, -0.05) is 47.8 Å². The van der Waals surface area contributed by atoms with Crippen LogP contribution in [0.2, 0.25) is 10.0 Å². The van der Waals surface area contributed by atoms with Gasteiger partial charge >= 0.3 is 0 Å². The van der Waals surface area contributed by atoms with Gasteiger partial charge in [-0.2, -0.15) is 4.98 Å². The highest BCUT2D eigenvalue weighted by Crippen LogP contribution is 2.26. The van der Waals surface area contributed by atoms with Crippen LogP contribution in [0.5, 0.6) is 0 Å². The maximum atomic E-state index is 6.10. The summed E-state index contributed by atoms with van der Waals surface area (Å²) in [5.41, 5.74) is 6.72. The number of halogens is 2. The molecule has 2 aromatic rings.